The van der Waals surface area contributed by atoms with E-state index in [1.165, 1.54) is 47.9 Å². The molecule has 5 rings (SSSR count). The van der Waals surface area contributed by atoms with E-state index in [0.717, 1.165) is 5.56 Å². The fourth-order valence-corrected chi connectivity index (χ4v) is 5.60. The Morgan fingerprint density at radius 2 is 1.61 bits per heavy atom. The molecule has 2 N–H and O–H groups in total. The highest BCUT2D eigenvalue weighted by Crippen LogP contribution is 2.47. The predicted molar refractivity (Wildman–Crippen MR) is 146 cm³/mol. The number of ether oxygens (including phenoxy) is 1. The first kappa shape index (κ1) is 25.0. The molecule has 190 valence electrons. The topological polar surface area (TPSA) is 58.6 Å². The van der Waals surface area contributed by atoms with E-state index in [9.17, 15) is 9.90 Å². The monoisotopic (exact) mass is 485 g/mol. The van der Waals surface area contributed by atoms with E-state index >= 15 is 0 Å². The summed E-state index contributed by atoms with van der Waals surface area (Å²) in [7, 11) is 0. The highest BCUT2D eigenvalue weighted by Gasteiger charge is 2.38. The van der Waals surface area contributed by atoms with Crippen LogP contribution in [0.1, 0.15) is 76.0 Å². The van der Waals surface area contributed by atoms with E-state index in [2.05, 4.69) is 75.5 Å². The SMILES string of the molecule is CC1(C)CCC(C)(C)c2cc(-c3cccc(C4C=CC(OCCNC5CC5)(C(=O)O)C=C4)c3)ccc21. The molecule has 0 atom stereocenters. The van der Waals surface area contributed by atoms with Crippen LogP contribution in [0.2, 0.25) is 0 Å². The lowest BCUT2D eigenvalue weighted by Crippen LogP contribution is -2.40. The molecule has 2 aromatic carbocycles. The van der Waals surface area contributed by atoms with Crippen molar-refractivity contribution in [3.05, 3.63) is 83.5 Å². The Kier molecular flexibility index (Phi) is 6.46. The second kappa shape index (κ2) is 9.32. The number of aliphatic carboxylic acids is 1. The molecule has 1 saturated carbocycles. The molecule has 2 aromatic rings. The van der Waals surface area contributed by atoms with Crippen LogP contribution in [-0.4, -0.2) is 35.9 Å². The van der Waals surface area contributed by atoms with Gasteiger partial charge in [-0.25, -0.2) is 4.79 Å². The van der Waals surface area contributed by atoms with Gasteiger partial charge in [-0.05, 0) is 76.5 Å². The van der Waals surface area contributed by atoms with E-state index in [4.69, 9.17) is 4.74 Å². The van der Waals surface area contributed by atoms with Crippen LogP contribution in [0.4, 0.5) is 0 Å². The van der Waals surface area contributed by atoms with Crippen LogP contribution in [0.15, 0.2) is 66.8 Å². The molecule has 0 saturated heterocycles. The second-order valence-electron chi connectivity index (χ2n) is 12.1. The van der Waals surface area contributed by atoms with Crippen molar-refractivity contribution >= 4 is 5.97 Å². The summed E-state index contributed by atoms with van der Waals surface area (Å²) in [4.78, 5) is 12.1. The maximum Gasteiger partial charge on any atom is 0.344 e. The van der Waals surface area contributed by atoms with Gasteiger partial charge in [0.2, 0.25) is 5.60 Å². The van der Waals surface area contributed by atoms with Crippen molar-refractivity contribution in [2.24, 2.45) is 0 Å². The minimum Gasteiger partial charge on any atom is -0.479 e. The average molecular weight is 486 g/mol. The summed E-state index contributed by atoms with van der Waals surface area (Å²) in [5, 5.41) is 13.3. The molecule has 4 nitrogen and oxygen atoms in total. The number of fused-ring (bicyclic) bond motifs is 1. The molecule has 4 heteroatoms. The summed E-state index contributed by atoms with van der Waals surface area (Å²) in [6, 6.07) is 16.2. The van der Waals surface area contributed by atoms with Gasteiger partial charge in [-0.15, -0.1) is 0 Å². The third-order valence-electron chi connectivity index (χ3n) is 8.35. The quantitative estimate of drug-likeness (QED) is 0.331. The fraction of sp³-hybridized carbons (Fsp3) is 0.469. The van der Waals surface area contributed by atoms with Crippen LogP contribution in [0, 0.1) is 0 Å². The molecule has 36 heavy (non-hydrogen) atoms. The van der Waals surface area contributed by atoms with Crippen molar-refractivity contribution < 1.29 is 14.6 Å². The predicted octanol–water partition coefficient (Wildman–Crippen LogP) is 6.50. The van der Waals surface area contributed by atoms with Gasteiger partial charge < -0.3 is 15.2 Å². The zero-order valence-corrected chi connectivity index (χ0v) is 22.0. The zero-order chi connectivity index (χ0) is 25.6. The first-order valence-corrected chi connectivity index (χ1v) is 13.3. The maximum absolute atomic E-state index is 12.1. The lowest BCUT2D eigenvalue weighted by atomic mass is 9.63. The smallest absolute Gasteiger partial charge is 0.344 e. The molecule has 0 unspecified atom stereocenters. The van der Waals surface area contributed by atoms with E-state index in [0.29, 0.717) is 19.2 Å². The summed E-state index contributed by atoms with van der Waals surface area (Å²) in [5.41, 5.74) is 5.47. The van der Waals surface area contributed by atoms with Gasteiger partial charge in [0.1, 0.15) is 0 Å². The first-order valence-electron chi connectivity index (χ1n) is 13.3. The van der Waals surface area contributed by atoms with Gasteiger partial charge in [0.25, 0.3) is 0 Å². The number of allylic oxidation sites excluding steroid dienone is 2. The third kappa shape index (κ3) is 4.94. The zero-order valence-electron chi connectivity index (χ0n) is 22.0. The van der Waals surface area contributed by atoms with Gasteiger partial charge in [-0.1, -0.05) is 82.3 Å². The molecule has 0 aliphatic heterocycles. The molecular weight excluding hydrogens is 446 g/mol. The number of carbonyl (C=O) groups is 1. The van der Waals surface area contributed by atoms with Gasteiger partial charge >= 0.3 is 5.97 Å². The Morgan fingerprint density at radius 3 is 2.28 bits per heavy atom. The van der Waals surface area contributed by atoms with E-state index in [1.54, 1.807) is 12.2 Å². The van der Waals surface area contributed by atoms with Crippen LogP contribution in [0.25, 0.3) is 11.1 Å². The van der Waals surface area contributed by atoms with Crippen LogP contribution >= 0.6 is 0 Å². The number of hydrogen-bond donors (Lipinski definition) is 2. The van der Waals surface area contributed by atoms with Gasteiger partial charge in [0, 0.05) is 18.5 Å². The van der Waals surface area contributed by atoms with Gasteiger partial charge in [-0.3, -0.25) is 0 Å². The normalized spacial score (nSPS) is 25.9. The van der Waals surface area contributed by atoms with Gasteiger partial charge in [0.05, 0.1) is 6.61 Å². The van der Waals surface area contributed by atoms with E-state index in [-0.39, 0.29) is 16.7 Å². The number of rotatable bonds is 8. The van der Waals surface area contributed by atoms with Crippen molar-refractivity contribution in [3.8, 4) is 11.1 Å². The molecule has 0 spiro atoms. The summed E-state index contributed by atoms with van der Waals surface area (Å²) in [6.45, 7) is 10.5. The van der Waals surface area contributed by atoms with Crippen molar-refractivity contribution in [2.45, 2.75) is 81.8 Å². The number of hydrogen-bond acceptors (Lipinski definition) is 3. The number of nitrogens with one attached hydrogen (secondary N) is 1. The van der Waals surface area contributed by atoms with Crippen molar-refractivity contribution in [1.82, 2.24) is 5.32 Å². The molecule has 0 amide bonds. The molecule has 0 bridgehead atoms. The third-order valence-corrected chi connectivity index (χ3v) is 8.35. The molecule has 1 fully saturated rings. The maximum atomic E-state index is 12.1. The van der Waals surface area contributed by atoms with Crippen molar-refractivity contribution in [3.63, 3.8) is 0 Å². The summed E-state index contributed by atoms with van der Waals surface area (Å²) in [6.07, 6.45) is 12.1. The molecule has 0 heterocycles. The number of carboxylic acids is 1. The summed E-state index contributed by atoms with van der Waals surface area (Å²) in [5.74, 6) is -0.966. The largest absolute Gasteiger partial charge is 0.479 e. The molecule has 3 aliphatic rings. The van der Waals surface area contributed by atoms with E-state index in [1.807, 2.05) is 12.2 Å². The number of benzene rings is 2. The van der Waals surface area contributed by atoms with Crippen LogP contribution in [0.5, 0.6) is 0 Å². The minimum atomic E-state index is -1.39. The van der Waals surface area contributed by atoms with Crippen molar-refractivity contribution in [2.75, 3.05) is 13.2 Å². The molecule has 0 aromatic heterocycles. The van der Waals surface area contributed by atoms with Crippen LogP contribution in [0.3, 0.4) is 0 Å². The lowest BCUT2D eigenvalue weighted by molar-refractivity contribution is -0.154. The lowest BCUT2D eigenvalue weighted by Gasteiger charge is -2.42. The molecule has 3 aliphatic carbocycles. The average Bonchev–Trinajstić information content (AvgIpc) is 3.69. The highest BCUT2D eigenvalue weighted by atomic mass is 16.5. The Hall–Kier alpha value is -2.69. The first-order chi connectivity index (χ1) is 17.1. The molecule has 0 radical (unpaired) electrons. The Labute approximate surface area is 215 Å². The van der Waals surface area contributed by atoms with Crippen LogP contribution < -0.4 is 5.32 Å². The van der Waals surface area contributed by atoms with Gasteiger partial charge in [-0.2, -0.15) is 0 Å². The molecular formula is C32H39NO3. The second-order valence-corrected chi connectivity index (χ2v) is 12.1. The fourth-order valence-electron chi connectivity index (χ4n) is 5.60. The van der Waals surface area contributed by atoms with E-state index < -0.39 is 11.6 Å². The Bertz CT molecular complexity index is 1190. The standard InChI is InChI=1S/C32H39NO3/c1-30(2)16-17-31(3,4)28-21-25(8-11-27(28)30)24-7-5-6-23(20-24)22-12-14-32(15-13-22,29(34)35)36-19-18-33-26-9-10-26/h5-8,11-15,20-22,26,33H,9-10,16-19H2,1-4H3,(H,34,35). The van der Waals surface area contributed by atoms with Crippen molar-refractivity contribution in [1.29, 1.82) is 0 Å². The van der Waals surface area contributed by atoms with Crippen LogP contribution in [-0.2, 0) is 20.4 Å². The Balaban J connectivity index is 1.36. The summed E-state index contributed by atoms with van der Waals surface area (Å²) >= 11 is 0. The van der Waals surface area contributed by atoms with Gasteiger partial charge in [0.15, 0.2) is 0 Å². The number of carboxylic acid groups (broad SMARTS) is 1. The minimum absolute atomic E-state index is 0.0126. The highest BCUT2D eigenvalue weighted by molar-refractivity contribution is 5.83. The Morgan fingerprint density at radius 1 is 0.944 bits per heavy atom. The summed E-state index contributed by atoms with van der Waals surface area (Å²) < 4.78 is 5.84.